The van der Waals surface area contributed by atoms with Gasteiger partial charge in [0, 0.05) is 26.2 Å². The fourth-order valence-electron chi connectivity index (χ4n) is 4.08. The maximum Gasteiger partial charge on any atom is 0.317 e. The molecule has 2 saturated heterocycles. The van der Waals surface area contributed by atoms with E-state index < -0.39 is 0 Å². The third-order valence-electron chi connectivity index (χ3n) is 5.37. The van der Waals surface area contributed by atoms with Gasteiger partial charge in [-0.05, 0) is 25.0 Å². The second kappa shape index (κ2) is 6.53. The first-order chi connectivity index (χ1) is 13.3. The minimum Gasteiger partial charge on any atom is -0.354 e. The largest absolute Gasteiger partial charge is 0.354 e. The molecule has 0 radical (unpaired) electrons. The van der Waals surface area contributed by atoms with Crippen LogP contribution in [-0.2, 0) is 0 Å². The number of fused-ring (bicyclic) bond motifs is 1. The summed E-state index contributed by atoms with van der Waals surface area (Å²) in [6.07, 6.45) is 5.50. The Labute approximate surface area is 156 Å². The number of piperidine rings is 1. The number of anilines is 1. The summed E-state index contributed by atoms with van der Waals surface area (Å²) in [5.41, 5.74) is 1.77. The lowest BCUT2D eigenvalue weighted by Gasteiger charge is -2.37. The van der Waals surface area contributed by atoms with E-state index in [1.54, 1.807) is 6.33 Å². The van der Waals surface area contributed by atoms with Gasteiger partial charge in [-0.3, -0.25) is 0 Å². The van der Waals surface area contributed by atoms with Crippen molar-refractivity contribution in [2.75, 3.05) is 31.1 Å². The van der Waals surface area contributed by atoms with Crippen LogP contribution in [0.4, 0.5) is 10.6 Å². The summed E-state index contributed by atoms with van der Waals surface area (Å²) in [7, 11) is 0. The van der Waals surface area contributed by atoms with Crippen molar-refractivity contribution in [2.24, 2.45) is 0 Å². The maximum absolute atomic E-state index is 12.0. The van der Waals surface area contributed by atoms with Crippen molar-refractivity contribution in [3.05, 3.63) is 42.9 Å². The molecular weight excluding hydrogens is 342 g/mol. The fourth-order valence-corrected chi connectivity index (χ4v) is 4.08. The summed E-state index contributed by atoms with van der Waals surface area (Å²) in [6, 6.07) is 10.2. The van der Waals surface area contributed by atoms with E-state index in [9.17, 15) is 4.79 Å². The Morgan fingerprint density at radius 1 is 1.11 bits per heavy atom. The smallest absolute Gasteiger partial charge is 0.317 e. The second-order valence-electron chi connectivity index (χ2n) is 6.99. The first-order valence-corrected chi connectivity index (χ1v) is 9.35. The molecule has 8 nitrogen and oxygen atoms in total. The minimum absolute atomic E-state index is 0.0478. The Bertz CT molecular complexity index is 971. The van der Waals surface area contributed by atoms with Crippen LogP contribution in [0, 0.1) is 0 Å². The Hall–Kier alpha value is -3.16. The first kappa shape index (κ1) is 16.0. The summed E-state index contributed by atoms with van der Waals surface area (Å²) < 4.78 is 1.84. The van der Waals surface area contributed by atoms with Crippen molar-refractivity contribution < 1.29 is 4.79 Å². The van der Waals surface area contributed by atoms with Crippen LogP contribution in [0.2, 0.25) is 0 Å². The number of aromatic nitrogens is 4. The standard InChI is InChI=1S/C19H21N7O/c27-19-20-8-10-25(19)15-7-4-9-24(12-15)17-16-11-23-26(18(16)22-13-21-17)14-5-2-1-3-6-14/h1-3,5-6,11,13,15H,4,7-10,12H2,(H,20,27). The zero-order valence-electron chi connectivity index (χ0n) is 15.0. The Morgan fingerprint density at radius 3 is 2.81 bits per heavy atom. The van der Waals surface area contributed by atoms with Gasteiger partial charge in [0.05, 0.1) is 23.3 Å². The van der Waals surface area contributed by atoms with Crippen molar-refractivity contribution in [1.29, 1.82) is 0 Å². The maximum atomic E-state index is 12.0. The van der Waals surface area contributed by atoms with Crippen LogP contribution in [0.1, 0.15) is 12.8 Å². The van der Waals surface area contributed by atoms with Crippen molar-refractivity contribution in [1.82, 2.24) is 30.0 Å². The van der Waals surface area contributed by atoms with Crippen LogP contribution >= 0.6 is 0 Å². The molecule has 2 aliphatic heterocycles. The highest BCUT2D eigenvalue weighted by Gasteiger charge is 2.32. The zero-order valence-corrected chi connectivity index (χ0v) is 15.0. The molecule has 0 aliphatic carbocycles. The van der Waals surface area contributed by atoms with Crippen molar-refractivity contribution in [3.63, 3.8) is 0 Å². The summed E-state index contributed by atoms with van der Waals surface area (Å²) in [4.78, 5) is 25.3. The highest BCUT2D eigenvalue weighted by atomic mass is 16.2. The number of hydrogen-bond acceptors (Lipinski definition) is 5. The molecule has 1 unspecified atom stereocenters. The molecule has 27 heavy (non-hydrogen) atoms. The van der Waals surface area contributed by atoms with Gasteiger partial charge in [-0.1, -0.05) is 18.2 Å². The van der Waals surface area contributed by atoms with Gasteiger partial charge in [-0.15, -0.1) is 0 Å². The van der Waals surface area contributed by atoms with Crippen LogP contribution in [0.3, 0.4) is 0 Å². The van der Waals surface area contributed by atoms with Crippen LogP contribution in [0.25, 0.3) is 16.7 Å². The Balaban J connectivity index is 1.48. The highest BCUT2D eigenvalue weighted by Crippen LogP contribution is 2.28. The molecule has 3 aromatic rings. The minimum atomic E-state index is 0.0478. The average Bonchev–Trinajstić information content (AvgIpc) is 3.35. The number of rotatable bonds is 3. The number of nitrogens with zero attached hydrogens (tertiary/aromatic N) is 6. The normalized spacial score (nSPS) is 20.3. The van der Waals surface area contributed by atoms with E-state index in [1.165, 1.54) is 0 Å². The van der Waals surface area contributed by atoms with Gasteiger partial charge in [0.1, 0.15) is 12.1 Å². The van der Waals surface area contributed by atoms with Gasteiger partial charge in [-0.25, -0.2) is 19.4 Å². The van der Waals surface area contributed by atoms with Crippen molar-refractivity contribution >= 4 is 22.9 Å². The number of hydrogen-bond donors (Lipinski definition) is 1. The number of carbonyl (C=O) groups excluding carboxylic acids is 1. The molecule has 4 heterocycles. The van der Waals surface area contributed by atoms with Crippen LogP contribution in [-0.4, -0.2) is 62.9 Å². The van der Waals surface area contributed by atoms with E-state index >= 15 is 0 Å². The van der Waals surface area contributed by atoms with Gasteiger partial charge < -0.3 is 15.1 Å². The molecule has 1 N–H and O–H groups in total. The number of carbonyl (C=O) groups is 1. The predicted octanol–water partition coefficient (Wildman–Crippen LogP) is 1.81. The average molecular weight is 363 g/mol. The molecule has 1 atom stereocenters. The highest BCUT2D eigenvalue weighted by molar-refractivity contribution is 5.87. The quantitative estimate of drug-likeness (QED) is 0.768. The van der Waals surface area contributed by atoms with E-state index in [-0.39, 0.29) is 12.1 Å². The number of amides is 2. The molecular formula is C19H21N7O. The topological polar surface area (TPSA) is 79.2 Å². The van der Waals surface area contributed by atoms with E-state index in [0.717, 1.165) is 61.6 Å². The molecule has 5 rings (SSSR count). The third kappa shape index (κ3) is 2.77. The molecule has 2 aromatic heterocycles. The molecule has 2 fully saturated rings. The molecule has 1 aromatic carbocycles. The molecule has 2 amide bonds. The Morgan fingerprint density at radius 2 is 2.00 bits per heavy atom. The van der Waals surface area contributed by atoms with E-state index in [2.05, 4.69) is 25.3 Å². The Kier molecular flexibility index (Phi) is 3.88. The monoisotopic (exact) mass is 363 g/mol. The lowest BCUT2D eigenvalue weighted by Crippen LogP contribution is -2.49. The van der Waals surface area contributed by atoms with Gasteiger partial charge in [0.15, 0.2) is 5.65 Å². The zero-order chi connectivity index (χ0) is 18.2. The SMILES string of the molecule is O=C1NCCN1C1CCCN(c2ncnc3c2cnn3-c2ccccc2)C1. The number of nitrogens with one attached hydrogen (secondary N) is 1. The molecule has 8 heteroatoms. The van der Waals surface area contributed by atoms with E-state index in [4.69, 9.17) is 0 Å². The molecule has 138 valence electrons. The predicted molar refractivity (Wildman–Crippen MR) is 102 cm³/mol. The lowest BCUT2D eigenvalue weighted by molar-refractivity contribution is 0.189. The molecule has 0 spiro atoms. The number of urea groups is 1. The van der Waals surface area contributed by atoms with Gasteiger partial charge in [0.2, 0.25) is 0 Å². The van der Waals surface area contributed by atoms with Gasteiger partial charge >= 0.3 is 6.03 Å². The fraction of sp³-hybridized carbons (Fsp3) is 0.368. The lowest BCUT2D eigenvalue weighted by atomic mass is 10.0. The molecule has 0 bridgehead atoms. The third-order valence-corrected chi connectivity index (χ3v) is 5.37. The number of benzene rings is 1. The summed E-state index contributed by atoms with van der Waals surface area (Å²) in [6.45, 7) is 3.23. The van der Waals surface area contributed by atoms with Gasteiger partial charge in [0.25, 0.3) is 0 Å². The van der Waals surface area contributed by atoms with E-state index in [1.807, 2.05) is 46.1 Å². The summed E-state index contributed by atoms with van der Waals surface area (Å²) >= 11 is 0. The van der Waals surface area contributed by atoms with Crippen molar-refractivity contribution in [2.45, 2.75) is 18.9 Å². The van der Waals surface area contributed by atoms with Crippen LogP contribution in [0.5, 0.6) is 0 Å². The van der Waals surface area contributed by atoms with Crippen LogP contribution < -0.4 is 10.2 Å². The summed E-state index contributed by atoms with van der Waals surface area (Å²) in [5, 5.41) is 8.38. The van der Waals surface area contributed by atoms with Crippen LogP contribution in [0.15, 0.2) is 42.9 Å². The molecule has 2 aliphatic rings. The van der Waals surface area contributed by atoms with E-state index in [0.29, 0.717) is 0 Å². The van der Waals surface area contributed by atoms with Crippen molar-refractivity contribution in [3.8, 4) is 5.69 Å². The second-order valence-corrected chi connectivity index (χ2v) is 6.99. The number of para-hydroxylation sites is 1. The van der Waals surface area contributed by atoms with Gasteiger partial charge in [-0.2, -0.15) is 5.10 Å². The molecule has 0 saturated carbocycles. The summed E-state index contributed by atoms with van der Waals surface area (Å²) in [5.74, 6) is 0.895. The first-order valence-electron chi connectivity index (χ1n) is 9.35.